The molecular weight excluding hydrogens is 286 g/mol. The Morgan fingerprint density at radius 3 is 3.00 bits per heavy atom. The third-order valence-corrected chi connectivity index (χ3v) is 3.69. The lowest BCUT2D eigenvalue weighted by molar-refractivity contribution is 0.152. The van der Waals surface area contributed by atoms with Crippen LogP contribution in [0.25, 0.3) is 11.0 Å². The first-order valence-electron chi connectivity index (χ1n) is 6.54. The molecule has 6 heteroatoms. The number of aliphatic hydroxyl groups excluding tert-OH is 1. The minimum atomic E-state index is -0.758. The van der Waals surface area contributed by atoms with Crippen LogP contribution in [0, 0.1) is 4.77 Å². The summed E-state index contributed by atoms with van der Waals surface area (Å²) in [5.41, 5.74) is 2.47. The molecule has 2 N–H and O–H groups in total. The number of H-pyrrole nitrogens is 1. The number of methoxy groups -OCH3 is 1. The van der Waals surface area contributed by atoms with E-state index in [1.807, 2.05) is 28.8 Å². The lowest BCUT2D eigenvalue weighted by atomic mass is 10.2. The Labute approximate surface area is 126 Å². The van der Waals surface area contributed by atoms with Crippen LogP contribution in [0.5, 0.6) is 5.75 Å². The van der Waals surface area contributed by atoms with Gasteiger partial charge in [0.25, 0.3) is 0 Å². The normalized spacial score (nSPS) is 12.5. The fourth-order valence-electron chi connectivity index (χ4n) is 2.29. The molecule has 2 heterocycles. The summed E-state index contributed by atoms with van der Waals surface area (Å²) in [7, 11) is 1.58. The molecule has 0 spiro atoms. The lowest BCUT2D eigenvalue weighted by Crippen LogP contribution is -2.10. The van der Waals surface area contributed by atoms with Gasteiger partial charge >= 0.3 is 0 Å². The maximum atomic E-state index is 10.4. The molecule has 3 rings (SSSR count). The molecule has 0 fully saturated rings. The Kier molecular flexibility index (Phi) is 3.72. The van der Waals surface area contributed by atoms with Crippen molar-refractivity contribution in [3.05, 3.63) is 53.1 Å². The van der Waals surface area contributed by atoms with E-state index in [2.05, 4.69) is 9.97 Å². The van der Waals surface area contributed by atoms with Crippen molar-refractivity contribution in [3.8, 4) is 5.75 Å². The van der Waals surface area contributed by atoms with Crippen LogP contribution in [0.2, 0.25) is 0 Å². The van der Waals surface area contributed by atoms with Crippen LogP contribution < -0.4 is 4.74 Å². The van der Waals surface area contributed by atoms with Crippen molar-refractivity contribution in [2.45, 2.75) is 12.6 Å². The second kappa shape index (κ2) is 5.67. The average molecular weight is 301 g/mol. The van der Waals surface area contributed by atoms with Crippen LogP contribution >= 0.6 is 12.2 Å². The summed E-state index contributed by atoms with van der Waals surface area (Å²) in [4.78, 5) is 7.32. The summed E-state index contributed by atoms with van der Waals surface area (Å²) in [6, 6.07) is 11.3. The van der Waals surface area contributed by atoms with Crippen molar-refractivity contribution in [2.24, 2.45) is 0 Å². The molecule has 1 atom stereocenters. The first kappa shape index (κ1) is 13.8. The molecule has 1 aromatic carbocycles. The molecule has 0 aliphatic carbocycles. The number of para-hydroxylation sites is 2. The monoisotopic (exact) mass is 301 g/mol. The molecule has 0 aliphatic rings. The van der Waals surface area contributed by atoms with Crippen molar-refractivity contribution in [2.75, 3.05) is 7.11 Å². The number of fused-ring (bicyclic) bond motifs is 1. The first-order valence-corrected chi connectivity index (χ1v) is 6.95. The molecule has 0 amide bonds. The molecule has 108 valence electrons. The lowest BCUT2D eigenvalue weighted by Gasteiger charge is -2.12. The number of aromatic amines is 1. The fraction of sp³-hybridized carbons (Fsp3) is 0.200. The Morgan fingerprint density at radius 1 is 1.38 bits per heavy atom. The zero-order valence-corrected chi connectivity index (χ0v) is 12.3. The van der Waals surface area contributed by atoms with E-state index in [9.17, 15) is 5.11 Å². The van der Waals surface area contributed by atoms with E-state index in [4.69, 9.17) is 17.0 Å². The average Bonchev–Trinajstić information content (AvgIpc) is 2.83. The molecule has 21 heavy (non-hydrogen) atoms. The van der Waals surface area contributed by atoms with E-state index in [0.717, 1.165) is 11.0 Å². The zero-order valence-electron chi connectivity index (χ0n) is 11.5. The van der Waals surface area contributed by atoms with E-state index in [0.29, 0.717) is 22.8 Å². The molecule has 0 radical (unpaired) electrons. The molecule has 2 aromatic heterocycles. The second-order valence-electron chi connectivity index (χ2n) is 4.69. The van der Waals surface area contributed by atoms with Crippen molar-refractivity contribution in [1.82, 2.24) is 14.5 Å². The summed E-state index contributed by atoms with van der Waals surface area (Å²) >= 11 is 5.32. The van der Waals surface area contributed by atoms with Crippen LogP contribution in [0.4, 0.5) is 0 Å². The van der Waals surface area contributed by atoms with E-state index in [1.54, 1.807) is 25.4 Å². The molecule has 3 aromatic rings. The number of pyridine rings is 1. The van der Waals surface area contributed by atoms with E-state index < -0.39 is 6.10 Å². The fourth-order valence-corrected chi connectivity index (χ4v) is 2.57. The number of hydrogen-bond donors (Lipinski definition) is 2. The number of hydrogen-bond acceptors (Lipinski definition) is 4. The largest absolute Gasteiger partial charge is 0.497 e. The molecule has 0 saturated heterocycles. The van der Waals surface area contributed by atoms with Crippen LogP contribution in [0.3, 0.4) is 0 Å². The van der Waals surface area contributed by atoms with Crippen LogP contribution in [0.1, 0.15) is 11.8 Å². The van der Waals surface area contributed by atoms with Gasteiger partial charge in [-0.05, 0) is 30.4 Å². The molecule has 1 unspecified atom stereocenters. The molecule has 0 bridgehead atoms. The van der Waals surface area contributed by atoms with E-state index in [-0.39, 0.29) is 0 Å². The van der Waals surface area contributed by atoms with E-state index >= 15 is 0 Å². The van der Waals surface area contributed by atoms with Crippen molar-refractivity contribution in [1.29, 1.82) is 0 Å². The quantitative estimate of drug-likeness (QED) is 0.727. The van der Waals surface area contributed by atoms with Gasteiger partial charge < -0.3 is 19.4 Å². The number of aromatic nitrogens is 3. The topological polar surface area (TPSA) is 63.1 Å². The van der Waals surface area contributed by atoms with Gasteiger partial charge in [0.2, 0.25) is 0 Å². The minimum absolute atomic E-state index is 0.336. The van der Waals surface area contributed by atoms with Crippen LogP contribution in [-0.2, 0) is 6.54 Å². The second-order valence-corrected chi connectivity index (χ2v) is 5.08. The number of nitrogens with zero attached hydrogens (tertiary/aromatic N) is 2. The predicted octanol–water partition coefficient (Wildman–Crippen LogP) is 2.84. The summed E-state index contributed by atoms with van der Waals surface area (Å²) in [6.45, 7) is 0.336. The smallest absolute Gasteiger partial charge is 0.178 e. The maximum Gasteiger partial charge on any atom is 0.178 e. The third-order valence-electron chi connectivity index (χ3n) is 3.37. The third kappa shape index (κ3) is 2.68. The Bertz CT molecular complexity index is 825. The Balaban J connectivity index is 1.94. The van der Waals surface area contributed by atoms with Crippen molar-refractivity contribution < 1.29 is 9.84 Å². The van der Waals surface area contributed by atoms with Crippen molar-refractivity contribution in [3.63, 3.8) is 0 Å². The van der Waals surface area contributed by atoms with Gasteiger partial charge in [-0.25, -0.2) is 0 Å². The highest BCUT2D eigenvalue weighted by atomic mass is 32.1. The molecule has 5 nitrogen and oxygen atoms in total. The zero-order chi connectivity index (χ0) is 14.8. The molecule has 0 saturated carbocycles. The summed E-state index contributed by atoms with van der Waals surface area (Å²) in [6.07, 6.45) is 0.859. The van der Waals surface area contributed by atoms with Gasteiger partial charge in [0.15, 0.2) is 4.77 Å². The standard InChI is InChI=1S/C15H15N3O2S/c1-20-10-6-7-16-12(8-10)14(19)9-18-13-5-3-2-4-11(13)17-15(18)21/h2-8,14,19H,9H2,1H3,(H,17,21). The summed E-state index contributed by atoms with van der Waals surface area (Å²) in [5.74, 6) is 0.668. The van der Waals surface area contributed by atoms with Crippen molar-refractivity contribution >= 4 is 23.3 Å². The van der Waals surface area contributed by atoms with Gasteiger partial charge in [0, 0.05) is 12.3 Å². The maximum absolute atomic E-state index is 10.4. The number of aliphatic hydroxyl groups is 1. The number of benzene rings is 1. The number of nitrogens with one attached hydrogen (secondary N) is 1. The van der Waals surface area contributed by atoms with Gasteiger partial charge in [0.1, 0.15) is 11.9 Å². The van der Waals surface area contributed by atoms with Gasteiger partial charge in [0.05, 0.1) is 30.4 Å². The minimum Gasteiger partial charge on any atom is -0.497 e. The van der Waals surface area contributed by atoms with Gasteiger partial charge in [-0.3, -0.25) is 4.98 Å². The SMILES string of the molecule is COc1ccnc(C(O)Cn2c(=S)[nH]c3ccccc32)c1. The molecular formula is C15H15N3O2S. The molecule has 0 aliphatic heterocycles. The number of rotatable bonds is 4. The van der Waals surface area contributed by atoms with Crippen LogP contribution in [-0.4, -0.2) is 26.8 Å². The highest BCUT2D eigenvalue weighted by Gasteiger charge is 2.13. The number of imidazole rings is 1. The van der Waals surface area contributed by atoms with Gasteiger partial charge in [-0.15, -0.1) is 0 Å². The summed E-state index contributed by atoms with van der Waals surface area (Å²) < 4.78 is 7.60. The van der Waals surface area contributed by atoms with Gasteiger partial charge in [-0.1, -0.05) is 12.1 Å². The summed E-state index contributed by atoms with van der Waals surface area (Å²) in [5, 5.41) is 10.4. The Morgan fingerprint density at radius 2 is 2.19 bits per heavy atom. The highest BCUT2D eigenvalue weighted by Crippen LogP contribution is 2.21. The van der Waals surface area contributed by atoms with E-state index in [1.165, 1.54) is 0 Å². The van der Waals surface area contributed by atoms with Crippen LogP contribution in [0.15, 0.2) is 42.6 Å². The predicted molar refractivity (Wildman–Crippen MR) is 82.9 cm³/mol. The highest BCUT2D eigenvalue weighted by molar-refractivity contribution is 7.71. The number of ether oxygens (including phenoxy) is 1. The van der Waals surface area contributed by atoms with Gasteiger partial charge in [-0.2, -0.15) is 0 Å². The first-order chi connectivity index (χ1) is 10.2. The Hall–Kier alpha value is -2.18.